The number of rotatable bonds is 4. The van der Waals surface area contributed by atoms with E-state index in [-0.39, 0.29) is 33.7 Å². The van der Waals surface area contributed by atoms with Crippen LogP contribution in [0.2, 0.25) is 0 Å². The summed E-state index contributed by atoms with van der Waals surface area (Å²) in [6.07, 6.45) is 1.21. The van der Waals surface area contributed by atoms with Crippen LogP contribution in [0.3, 0.4) is 0 Å². The molecule has 0 bridgehead atoms. The van der Waals surface area contributed by atoms with Crippen LogP contribution in [0.1, 0.15) is 11.1 Å². The lowest BCUT2D eigenvalue weighted by Gasteiger charge is -2.11. The van der Waals surface area contributed by atoms with E-state index in [2.05, 4.69) is 21.2 Å². The number of nitro benzene ring substituents is 1. The van der Waals surface area contributed by atoms with E-state index in [1.165, 1.54) is 6.08 Å². The fourth-order valence-electron chi connectivity index (χ4n) is 2.46. The molecule has 0 unspecified atom stereocenters. The minimum absolute atomic E-state index is 0.0382. The minimum atomic E-state index is -0.622. The lowest BCUT2D eigenvalue weighted by atomic mass is 10.1. The molecule has 9 heteroatoms. The summed E-state index contributed by atoms with van der Waals surface area (Å²) in [6.45, 7) is 0.0907. The van der Waals surface area contributed by atoms with E-state index in [4.69, 9.17) is 0 Å². The van der Waals surface area contributed by atoms with Crippen molar-refractivity contribution in [1.82, 2.24) is 10.2 Å². The summed E-state index contributed by atoms with van der Waals surface area (Å²) in [4.78, 5) is 35.9. The number of imide groups is 1. The zero-order valence-corrected chi connectivity index (χ0v) is 14.8. The summed E-state index contributed by atoms with van der Waals surface area (Å²) < 4.78 is 0.108. The van der Waals surface area contributed by atoms with Crippen LogP contribution in [0.5, 0.6) is 5.75 Å². The second kappa shape index (κ2) is 6.96. The van der Waals surface area contributed by atoms with Gasteiger partial charge in [-0.05, 0) is 27.6 Å². The van der Waals surface area contributed by atoms with Gasteiger partial charge in [-0.25, -0.2) is 4.79 Å². The molecule has 0 radical (unpaired) electrons. The molecule has 0 spiro atoms. The summed E-state index contributed by atoms with van der Waals surface area (Å²) in [5.74, 6) is -0.854. The van der Waals surface area contributed by atoms with Crippen molar-refractivity contribution in [3.05, 3.63) is 73.9 Å². The lowest BCUT2D eigenvalue weighted by molar-refractivity contribution is -0.385. The number of nitro groups is 1. The van der Waals surface area contributed by atoms with Crippen LogP contribution in [0.25, 0.3) is 6.08 Å². The topological polar surface area (TPSA) is 113 Å². The Hall–Kier alpha value is -3.20. The Labute approximate surface area is 156 Å². The van der Waals surface area contributed by atoms with E-state index in [0.717, 1.165) is 22.6 Å². The zero-order chi connectivity index (χ0) is 18.8. The number of phenols is 1. The number of urea groups is 1. The first-order valence-corrected chi connectivity index (χ1v) is 8.21. The third kappa shape index (κ3) is 3.42. The first-order valence-electron chi connectivity index (χ1n) is 7.42. The van der Waals surface area contributed by atoms with Crippen molar-refractivity contribution in [1.29, 1.82) is 0 Å². The number of non-ortho nitro benzene ring substituents is 1. The monoisotopic (exact) mass is 417 g/mol. The SMILES string of the molecule is O=C1N/C(=C/c2cc([N+](=O)[O-])cc(Br)c2O)C(=O)N1Cc1ccccc1. The summed E-state index contributed by atoms with van der Waals surface area (Å²) in [5.41, 5.74) is 0.475. The molecule has 0 saturated carbocycles. The molecule has 0 aliphatic carbocycles. The van der Waals surface area contributed by atoms with E-state index in [9.17, 15) is 24.8 Å². The Bertz CT molecular complexity index is 943. The first kappa shape index (κ1) is 17.6. The molecule has 3 rings (SSSR count). The van der Waals surface area contributed by atoms with Gasteiger partial charge < -0.3 is 10.4 Å². The Morgan fingerprint density at radius 2 is 1.92 bits per heavy atom. The van der Waals surface area contributed by atoms with Gasteiger partial charge in [0.15, 0.2) is 0 Å². The predicted molar refractivity (Wildman–Crippen MR) is 96.0 cm³/mol. The molecule has 0 aromatic heterocycles. The van der Waals surface area contributed by atoms with E-state index in [0.29, 0.717) is 0 Å². The molecule has 2 aromatic carbocycles. The van der Waals surface area contributed by atoms with E-state index < -0.39 is 16.9 Å². The maximum Gasteiger partial charge on any atom is 0.329 e. The van der Waals surface area contributed by atoms with Crippen LogP contribution in [-0.2, 0) is 11.3 Å². The maximum absolute atomic E-state index is 12.5. The van der Waals surface area contributed by atoms with Crippen LogP contribution >= 0.6 is 15.9 Å². The second-order valence-corrected chi connectivity index (χ2v) is 6.34. The highest BCUT2D eigenvalue weighted by Crippen LogP contribution is 2.34. The van der Waals surface area contributed by atoms with E-state index >= 15 is 0 Å². The van der Waals surface area contributed by atoms with Gasteiger partial charge in [0.25, 0.3) is 11.6 Å². The number of benzene rings is 2. The zero-order valence-electron chi connectivity index (χ0n) is 13.2. The fourth-order valence-corrected chi connectivity index (χ4v) is 2.92. The van der Waals surface area contributed by atoms with Crippen molar-refractivity contribution in [2.45, 2.75) is 6.54 Å². The van der Waals surface area contributed by atoms with Gasteiger partial charge in [-0.1, -0.05) is 30.3 Å². The van der Waals surface area contributed by atoms with Crippen molar-refractivity contribution in [3.8, 4) is 5.75 Å². The van der Waals surface area contributed by atoms with Gasteiger partial charge in [0.2, 0.25) is 0 Å². The Morgan fingerprint density at radius 1 is 1.23 bits per heavy atom. The van der Waals surface area contributed by atoms with Gasteiger partial charge in [0, 0.05) is 17.7 Å². The number of nitrogens with zero attached hydrogens (tertiary/aromatic N) is 2. The van der Waals surface area contributed by atoms with Crippen LogP contribution in [0, 0.1) is 10.1 Å². The first-order chi connectivity index (χ1) is 12.4. The standard InChI is InChI=1S/C17H12BrN3O5/c18-13-8-12(21(25)26)6-11(15(13)22)7-14-16(23)20(17(24)19-14)9-10-4-2-1-3-5-10/h1-8,22H,9H2,(H,19,24)/b14-7+. The molecule has 2 N–H and O–H groups in total. The Kier molecular flexibility index (Phi) is 4.72. The highest BCUT2D eigenvalue weighted by Gasteiger charge is 2.33. The molecule has 26 heavy (non-hydrogen) atoms. The fraction of sp³-hybridized carbons (Fsp3) is 0.0588. The highest BCUT2D eigenvalue weighted by molar-refractivity contribution is 9.10. The smallest absolute Gasteiger partial charge is 0.329 e. The van der Waals surface area contributed by atoms with Crippen LogP contribution in [0.4, 0.5) is 10.5 Å². The quantitative estimate of drug-likeness (QED) is 0.343. The predicted octanol–water partition coefficient (Wildman–Crippen LogP) is 3.16. The van der Waals surface area contributed by atoms with Gasteiger partial charge in [0.1, 0.15) is 11.4 Å². The number of aromatic hydroxyl groups is 1. The van der Waals surface area contributed by atoms with Crippen molar-refractivity contribution in [2.24, 2.45) is 0 Å². The van der Waals surface area contributed by atoms with Crippen molar-refractivity contribution < 1.29 is 19.6 Å². The molecule has 1 heterocycles. The largest absolute Gasteiger partial charge is 0.506 e. The summed E-state index contributed by atoms with van der Waals surface area (Å²) in [7, 11) is 0. The van der Waals surface area contributed by atoms with Gasteiger partial charge in [-0.15, -0.1) is 0 Å². The van der Waals surface area contributed by atoms with Crippen LogP contribution in [0.15, 0.2) is 52.6 Å². The third-order valence-electron chi connectivity index (χ3n) is 3.73. The van der Waals surface area contributed by atoms with Crippen molar-refractivity contribution in [2.75, 3.05) is 0 Å². The molecule has 1 fully saturated rings. The van der Waals surface area contributed by atoms with Gasteiger partial charge in [-0.2, -0.15) is 0 Å². The normalized spacial score (nSPS) is 15.4. The number of nitrogens with one attached hydrogen (secondary N) is 1. The summed E-state index contributed by atoms with van der Waals surface area (Å²) >= 11 is 3.03. The molecule has 3 amide bonds. The van der Waals surface area contributed by atoms with E-state index in [1.54, 1.807) is 24.3 Å². The molecule has 0 atom stereocenters. The lowest BCUT2D eigenvalue weighted by Crippen LogP contribution is -2.30. The average molecular weight is 418 g/mol. The van der Waals surface area contributed by atoms with Crippen LogP contribution in [-0.4, -0.2) is 26.9 Å². The maximum atomic E-state index is 12.5. The minimum Gasteiger partial charge on any atom is -0.506 e. The number of amides is 3. The van der Waals surface area contributed by atoms with Gasteiger partial charge >= 0.3 is 6.03 Å². The van der Waals surface area contributed by atoms with E-state index in [1.807, 2.05) is 6.07 Å². The molecule has 1 saturated heterocycles. The number of phenolic OH excluding ortho intramolecular Hbond substituents is 1. The number of hydrogen-bond donors (Lipinski definition) is 2. The Balaban J connectivity index is 1.92. The average Bonchev–Trinajstić information content (AvgIpc) is 2.87. The summed E-state index contributed by atoms with van der Waals surface area (Å²) in [5, 5.41) is 23.4. The van der Waals surface area contributed by atoms with Gasteiger partial charge in [-0.3, -0.25) is 19.8 Å². The second-order valence-electron chi connectivity index (χ2n) is 5.49. The number of carbonyl (C=O) groups excluding carboxylic acids is 2. The van der Waals surface area contributed by atoms with Crippen LogP contribution < -0.4 is 5.32 Å². The molecule has 132 valence electrons. The van der Waals surface area contributed by atoms with Gasteiger partial charge in [0.05, 0.1) is 15.9 Å². The number of carbonyl (C=O) groups is 2. The Morgan fingerprint density at radius 3 is 2.58 bits per heavy atom. The number of hydrogen-bond acceptors (Lipinski definition) is 5. The molecular weight excluding hydrogens is 406 g/mol. The van der Waals surface area contributed by atoms with Crippen molar-refractivity contribution in [3.63, 3.8) is 0 Å². The molecule has 1 aliphatic heterocycles. The van der Waals surface area contributed by atoms with Crippen molar-refractivity contribution >= 4 is 39.6 Å². The highest BCUT2D eigenvalue weighted by atomic mass is 79.9. The summed E-state index contributed by atoms with van der Waals surface area (Å²) in [6, 6.07) is 10.6. The molecule has 2 aromatic rings. The molecule has 8 nitrogen and oxygen atoms in total. The molecule has 1 aliphatic rings. The molecular formula is C17H12BrN3O5. The third-order valence-corrected chi connectivity index (χ3v) is 4.34. The number of halogens is 1.